The topological polar surface area (TPSA) is 72.7 Å². The van der Waals surface area contributed by atoms with Crippen molar-refractivity contribution in [1.29, 1.82) is 0 Å². The predicted molar refractivity (Wildman–Crippen MR) is 81.5 cm³/mol. The van der Waals surface area contributed by atoms with Gasteiger partial charge in [0, 0.05) is 18.6 Å². The standard InChI is InChI=1S/C14H11F2N5OS/c15-12(16)8-21-6-4-10(20-21)13(22)19-14-18-7-11(23-14)9-3-1-2-5-17-9/h1-7,12H,8H2,(H,18,19,22). The van der Waals surface area contributed by atoms with E-state index < -0.39 is 18.9 Å². The van der Waals surface area contributed by atoms with E-state index in [1.807, 2.05) is 18.2 Å². The lowest BCUT2D eigenvalue weighted by molar-refractivity contribution is 0.101. The van der Waals surface area contributed by atoms with Crippen LogP contribution < -0.4 is 5.32 Å². The summed E-state index contributed by atoms with van der Waals surface area (Å²) in [6.07, 6.45) is 2.09. The number of hydrogen-bond donors (Lipinski definition) is 1. The molecule has 0 aromatic carbocycles. The van der Waals surface area contributed by atoms with Crippen LogP contribution >= 0.6 is 11.3 Å². The second kappa shape index (κ2) is 6.61. The Morgan fingerprint density at radius 2 is 2.17 bits per heavy atom. The average molecular weight is 335 g/mol. The first kappa shape index (κ1) is 15.2. The van der Waals surface area contributed by atoms with Gasteiger partial charge >= 0.3 is 0 Å². The maximum absolute atomic E-state index is 12.3. The van der Waals surface area contributed by atoms with E-state index in [2.05, 4.69) is 20.4 Å². The highest BCUT2D eigenvalue weighted by molar-refractivity contribution is 7.19. The summed E-state index contributed by atoms with van der Waals surface area (Å²) in [5, 5.41) is 6.78. The third kappa shape index (κ3) is 3.75. The number of hydrogen-bond acceptors (Lipinski definition) is 5. The summed E-state index contributed by atoms with van der Waals surface area (Å²) in [7, 11) is 0. The molecule has 3 rings (SSSR count). The molecule has 0 aliphatic carbocycles. The molecule has 9 heteroatoms. The molecular formula is C14H11F2N5OS. The Morgan fingerprint density at radius 3 is 2.91 bits per heavy atom. The molecule has 23 heavy (non-hydrogen) atoms. The number of rotatable bonds is 5. The number of carbonyl (C=O) groups excluding carboxylic acids is 1. The van der Waals surface area contributed by atoms with Crippen molar-refractivity contribution in [2.45, 2.75) is 13.0 Å². The number of nitrogens with one attached hydrogen (secondary N) is 1. The molecule has 0 fully saturated rings. The zero-order valence-electron chi connectivity index (χ0n) is 11.7. The fourth-order valence-corrected chi connectivity index (χ4v) is 2.63. The molecule has 0 spiro atoms. The molecule has 0 atom stereocenters. The van der Waals surface area contributed by atoms with Crippen molar-refractivity contribution in [3.63, 3.8) is 0 Å². The normalized spacial score (nSPS) is 10.9. The second-order valence-corrected chi connectivity index (χ2v) is 5.54. The molecule has 118 valence electrons. The van der Waals surface area contributed by atoms with Crippen molar-refractivity contribution < 1.29 is 13.6 Å². The largest absolute Gasteiger partial charge is 0.296 e. The van der Waals surface area contributed by atoms with Crippen LogP contribution in [0.5, 0.6) is 0 Å². The van der Waals surface area contributed by atoms with E-state index in [1.165, 1.54) is 23.6 Å². The van der Waals surface area contributed by atoms with Gasteiger partial charge in [-0.2, -0.15) is 5.10 Å². The van der Waals surface area contributed by atoms with Crippen LogP contribution in [0.4, 0.5) is 13.9 Å². The van der Waals surface area contributed by atoms with E-state index in [-0.39, 0.29) is 5.69 Å². The molecule has 6 nitrogen and oxygen atoms in total. The minimum Gasteiger partial charge on any atom is -0.296 e. The van der Waals surface area contributed by atoms with E-state index >= 15 is 0 Å². The highest BCUT2D eigenvalue weighted by atomic mass is 32.1. The van der Waals surface area contributed by atoms with Gasteiger partial charge in [0.15, 0.2) is 10.8 Å². The molecule has 1 N–H and O–H groups in total. The Labute approximate surface area is 133 Å². The van der Waals surface area contributed by atoms with E-state index in [1.54, 1.807) is 12.4 Å². The zero-order valence-corrected chi connectivity index (χ0v) is 12.5. The monoisotopic (exact) mass is 335 g/mol. The first-order valence-corrected chi connectivity index (χ1v) is 7.43. The molecule has 3 heterocycles. The summed E-state index contributed by atoms with van der Waals surface area (Å²) >= 11 is 1.27. The SMILES string of the molecule is O=C(Nc1ncc(-c2ccccn2)s1)c1ccn(CC(F)F)n1. The van der Waals surface area contributed by atoms with Crippen LogP contribution in [0.25, 0.3) is 10.6 Å². The van der Waals surface area contributed by atoms with Gasteiger partial charge in [0.2, 0.25) is 0 Å². The number of anilines is 1. The first-order valence-electron chi connectivity index (χ1n) is 6.62. The van der Waals surface area contributed by atoms with Crippen molar-refractivity contribution >= 4 is 22.4 Å². The molecule has 0 unspecified atom stereocenters. The molecule has 3 aromatic heterocycles. The first-order chi connectivity index (χ1) is 11.1. The zero-order chi connectivity index (χ0) is 16.2. The van der Waals surface area contributed by atoms with E-state index in [0.29, 0.717) is 5.13 Å². The summed E-state index contributed by atoms with van der Waals surface area (Å²) in [4.78, 5) is 21.2. The number of nitrogens with zero attached hydrogens (tertiary/aromatic N) is 4. The van der Waals surface area contributed by atoms with Crippen molar-refractivity contribution in [2.24, 2.45) is 0 Å². The predicted octanol–water partition coefficient (Wildman–Crippen LogP) is 2.92. The minimum absolute atomic E-state index is 0.0558. The van der Waals surface area contributed by atoms with Crippen LogP contribution in [0.3, 0.4) is 0 Å². The van der Waals surface area contributed by atoms with E-state index in [9.17, 15) is 13.6 Å². The fraction of sp³-hybridized carbons (Fsp3) is 0.143. The summed E-state index contributed by atoms with van der Waals surface area (Å²) in [5.74, 6) is -0.500. The number of alkyl halides is 2. The Morgan fingerprint density at radius 1 is 1.30 bits per heavy atom. The number of halogens is 2. The maximum Gasteiger partial charge on any atom is 0.277 e. The third-order valence-corrected chi connectivity index (χ3v) is 3.78. The lowest BCUT2D eigenvalue weighted by atomic mass is 10.3. The van der Waals surface area contributed by atoms with E-state index in [4.69, 9.17) is 0 Å². The highest BCUT2D eigenvalue weighted by Crippen LogP contribution is 2.27. The molecule has 0 bridgehead atoms. The summed E-state index contributed by atoms with van der Waals surface area (Å²) in [5.41, 5.74) is 0.812. The van der Waals surface area contributed by atoms with Crippen LogP contribution in [0, 0.1) is 0 Å². The van der Waals surface area contributed by atoms with Gasteiger partial charge in [-0.1, -0.05) is 17.4 Å². The highest BCUT2D eigenvalue weighted by Gasteiger charge is 2.14. The van der Waals surface area contributed by atoms with Crippen LogP contribution in [0.1, 0.15) is 10.5 Å². The summed E-state index contributed by atoms with van der Waals surface area (Å²) in [6, 6.07) is 6.88. The number of aromatic nitrogens is 4. The number of thiazole rings is 1. The molecular weight excluding hydrogens is 324 g/mol. The summed E-state index contributed by atoms with van der Waals surface area (Å²) in [6.45, 7) is -0.547. The van der Waals surface area contributed by atoms with Gasteiger partial charge in [0.25, 0.3) is 12.3 Å². The lowest BCUT2D eigenvalue weighted by Crippen LogP contribution is -2.14. The molecule has 0 aliphatic rings. The number of amides is 1. The average Bonchev–Trinajstić information content (AvgIpc) is 3.17. The molecule has 3 aromatic rings. The van der Waals surface area contributed by atoms with Gasteiger partial charge < -0.3 is 0 Å². The van der Waals surface area contributed by atoms with Crippen LogP contribution in [0.15, 0.2) is 42.9 Å². The molecule has 1 amide bonds. The van der Waals surface area contributed by atoms with Crippen LogP contribution in [0.2, 0.25) is 0 Å². The van der Waals surface area contributed by atoms with Gasteiger partial charge in [-0.3, -0.25) is 19.8 Å². The van der Waals surface area contributed by atoms with Crippen molar-refractivity contribution in [3.05, 3.63) is 48.5 Å². The number of carbonyl (C=O) groups is 1. The van der Waals surface area contributed by atoms with Crippen molar-refractivity contribution in [1.82, 2.24) is 19.7 Å². The van der Waals surface area contributed by atoms with Crippen molar-refractivity contribution in [2.75, 3.05) is 5.32 Å². The Hall–Kier alpha value is -2.68. The Kier molecular flexibility index (Phi) is 4.38. The van der Waals surface area contributed by atoms with Gasteiger partial charge in [0.05, 0.1) is 10.6 Å². The Balaban J connectivity index is 1.69. The van der Waals surface area contributed by atoms with Gasteiger partial charge in [-0.15, -0.1) is 0 Å². The quantitative estimate of drug-likeness (QED) is 0.778. The van der Waals surface area contributed by atoms with Crippen LogP contribution in [-0.4, -0.2) is 32.1 Å². The molecule has 0 radical (unpaired) electrons. The third-order valence-electron chi connectivity index (χ3n) is 2.84. The number of pyridine rings is 1. The van der Waals surface area contributed by atoms with Gasteiger partial charge in [-0.05, 0) is 18.2 Å². The van der Waals surface area contributed by atoms with E-state index in [0.717, 1.165) is 15.3 Å². The molecule has 0 aliphatic heterocycles. The van der Waals surface area contributed by atoms with Crippen LogP contribution in [-0.2, 0) is 6.54 Å². The van der Waals surface area contributed by atoms with Crippen molar-refractivity contribution in [3.8, 4) is 10.6 Å². The smallest absolute Gasteiger partial charge is 0.277 e. The fourth-order valence-electron chi connectivity index (χ4n) is 1.85. The molecule has 0 saturated carbocycles. The van der Waals surface area contributed by atoms with Gasteiger partial charge in [-0.25, -0.2) is 13.8 Å². The molecule has 0 saturated heterocycles. The van der Waals surface area contributed by atoms with Gasteiger partial charge in [0.1, 0.15) is 6.54 Å². The lowest BCUT2D eigenvalue weighted by Gasteiger charge is -1.99. The maximum atomic E-state index is 12.3. The summed E-state index contributed by atoms with van der Waals surface area (Å²) < 4.78 is 25.6. The Bertz CT molecular complexity index is 802. The second-order valence-electron chi connectivity index (χ2n) is 4.51. The minimum atomic E-state index is -2.52.